The lowest BCUT2D eigenvalue weighted by Crippen LogP contribution is -2.41. The van der Waals surface area contributed by atoms with E-state index in [0.717, 1.165) is 5.92 Å². The second-order valence-electron chi connectivity index (χ2n) is 5.87. The first-order valence-corrected chi connectivity index (χ1v) is 5.84. The Morgan fingerprint density at radius 2 is 2.07 bits per heavy atom. The Morgan fingerprint density at radius 3 is 2.50 bits per heavy atom. The van der Waals surface area contributed by atoms with E-state index in [1.165, 1.54) is 26.1 Å². The predicted octanol–water partition coefficient (Wildman–Crippen LogP) is 1.96. The van der Waals surface area contributed by atoms with Crippen LogP contribution in [0.3, 0.4) is 0 Å². The Balaban J connectivity index is 2.30. The molecule has 2 heteroatoms. The van der Waals surface area contributed by atoms with Crippen molar-refractivity contribution in [1.82, 2.24) is 10.2 Å². The zero-order valence-corrected chi connectivity index (χ0v) is 10.4. The van der Waals surface area contributed by atoms with Gasteiger partial charge in [-0.2, -0.15) is 0 Å². The van der Waals surface area contributed by atoms with Gasteiger partial charge in [0, 0.05) is 19.1 Å². The summed E-state index contributed by atoms with van der Waals surface area (Å²) in [7, 11) is 2.21. The number of hydrogen-bond acceptors (Lipinski definition) is 2. The molecule has 1 atom stereocenters. The van der Waals surface area contributed by atoms with Crippen molar-refractivity contribution < 1.29 is 0 Å². The topological polar surface area (TPSA) is 15.3 Å². The highest BCUT2D eigenvalue weighted by Crippen LogP contribution is 2.28. The number of nitrogens with zero attached hydrogens (tertiary/aromatic N) is 1. The lowest BCUT2D eigenvalue weighted by Gasteiger charge is -2.27. The van der Waals surface area contributed by atoms with Crippen molar-refractivity contribution >= 4 is 0 Å². The summed E-state index contributed by atoms with van der Waals surface area (Å²) in [6.45, 7) is 12.9. The highest BCUT2D eigenvalue weighted by molar-refractivity contribution is 4.94. The van der Waals surface area contributed by atoms with Gasteiger partial charge >= 0.3 is 0 Å². The standard InChI is InChI=1S/C12H26N2/c1-10(2)6-7-13-11-8-14(5)9-12(11,3)4/h10-11,13H,6-9H2,1-5H3. The molecule has 0 saturated carbocycles. The molecular formula is C12H26N2. The van der Waals surface area contributed by atoms with Gasteiger partial charge in [-0.05, 0) is 31.3 Å². The number of likely N-dealkylation sites (N-methyl/N-ethyl adjacent to an activating group) is 1. The van der Waals surface area contributed by atoms with Crippen molar-refractivity contribution in [1.29, 1.82) is 0 Å². The minimum atomic E-state index is 0.436. The molecule has 14 heavy (non-hydrogen) atoms. The summed E-state index contributed by atoms with van der Waals surface area (Å²) in [5.74, 6) is 0.810. The molecule has 1 aliphatic heterocycles. The third-order valence-corrected chi connectivity index (χ3v) is 3.23. The van der Waals surface area contributed by atoms with Gasteiger partial charge in [-0.15, -0.1) is 0 Å². The van der Waals surface area contributed by atoms with Crippen LogP contribution in [0, 0.1) is 11.3 Å². The summed E-state index contributed by atoms with van der Waals surface area (Å²) in [5, 5.41) is 3.69. The minimum absolute atomic E-state index is 0.436. The van der Waals surface area contributed by atoms with Gasteiger partial charge in [-0.1, -0.05) is 27.7 Å². The quantitative estimate of drug-likeness (QED) is 0.743. The smallest absolute Gasteiger partial charge is 0.0258 e. The highest BCUT2D eigenvalue weighted by Gasteiger charge is 2.36. The lowest BCUT2D eigenvalue weighted by atomic mass is 9.88. The van der Waals surface area contributed by atoms with Gasteiger partial charge in [0.2, 0.25) is 0 Å². The summed E-state index contributed by atoms with van der Waals surface area (Å²) in [6.07, 6.45) is 1.29. The zero-order chi connectivity index (χ0) is 10.8. The largest absolute Gasteiger partial charge is 0.312 e. The van der Waals surface area contributed by atoms with Crippen molar-refractivity contribution in [2.75, 3.05) is 26.7 Å². The van der Waals surface area contributed by atoms with Gasteiger partial charge in [0.15, 0.2) is 0 Å². The molecule has 1 fully saturated rings. The monoisotopic (exact) mass is 198 g/mol. The first-order valence-electron chi connectivity index (χ1n) is 5.84. The maximum Gasteiger partial charge on any atom is 0.0258 e. The van der Waals surface area contributed by atoms with Crippen molar-refractivity contribution in [3.8, 4) is 0 Å². The molecule has 2 nitrogen and oxygen atoms in total. The molecule has 0 aromatic carbocycles. The van der Waals surface area contributed by atoms with Crippen LogP contribution in [0.1, 0.15) is 34.1 Å². The van der Waals surface area contributed by atoms with Crippen LogP contribution in [0.4, 0.5) is 0 Å². The Kier molecular flexibility index (Phi) is 3.96. The molecule has 0 amide bonds. The molecule has 0 spiro atoms. The summed E-state index contributed by atoms with van der Waals surface area (Å²) in [5.41, 5.74) is 0.436. The maximum atomic E-state index is 3.69. The molecule has 0 aromatic heterocycles. The Labute approximate surface area is 89.1 Å². The number of likely N-dealkylation sites (tertiary alicyclic amines) is 1. The second-order valence-corrected chi connectivity index (χ2v) is 5.87. The Hall–Kier alpha value is -0.0800. The van der Waals surface area contributed by atoms with Gasteiger partial charge < -0.3 is 10.2 Å². The van der Waals surface area contributed by atoms with Crippen LogP contribution in [0.25, 0.3) is 0 Å². The zero-order valence-electron chi connectivity index (χ0n) is 10.4. The fourth-order valence-electron chi connectivity index (χ4n) is 2.32. The van der Waals surface area contributed by atoms with Crippen LogP contribution < -0.4 is 5.32 Å². The molecule has 84 valence electrons. The normalized spacial score (nSPS) is 27.4. The molecule has 0 aromatic rings. The van der Waals surface area contributed by atoms with Gasteiger partial charge in [0.1, 0.15) is 0 Å². The summed E-state index contributed by atoms with van der Waals surface area (Å²) < 4.78 is 0. The molecule has 1 heterocycles. The van der Waals surface area contributed by atoms with Crippen LogP contribution in [-0.2, 0) is 0 Å². The van der Waals surface area contributed by atoms with E-state index in [4.69, 9.17) is 0 Å². The summed E-state index contributed by atoms with van der Waals surface area (Å²) in [6, 6.07) is 0.672. The molecule has 1 N–H and O–H groups in total. The van der Waals surface area contributed by atoms with Crippen LogP contribution in [0.15, 0.2) is 0 Å². The van der Waals surface area contributed by atoms with Crippen LogP contribution in [0.5, 0.6) is 0 Å². The maximum absolute atomic E-state index is 3.69. The van der Waals surface area contributed by atoms with Crippen molar-refractivity contribution in [3.05, 3.63) is 0 Å². The second kappa shape index (κ2) is 4.63. The molecule has 0 aliphatic carbocycles. The first kappa shape index (κ1) is 12.0. The average molecular weight is 198 g/mol. The number of nitrogens with one attached hydrogen (secondary N) is 1. The first-order chi connectivity index (χ1) is 6.42. The molecule has 1 rings (SSSR count). The van der Waals surface area contributed by atoms with E-state index in [1.54, 1.807) is 0 Å². The van der Waals surface area contributed by atoms with E-state index in [-0.39, 0.29) is 0 Å². The average Bonchev–Trinajstić information content (AvgIpc) is 2.24. The minimum Gasteiger partial charge on any atom is -0.312 e. The van der Waals surface area contributed by atoms with E-state index in [0.29, 0.717) is 11.5 Å². The number of hydrogen-bond donors (Lipinski definition) is 1. The van der Waals surface area contributed by atoms with Crippen molar-refractivity contribution in [3.63, 3.8) is 0 Å². The highest BCUT2D eigenvalue weighted by atomic mass is 15.2. The third-order valence-electron chi connectivity index (χ3n) is 3.23. The van der Waals surface area contributed by atoms with Crippen LogP contribution in [-0.4, -0.2) is 37.6 Å². The van der Waals surface area contributed by atoms with Gasteiger partial charge in [0.05, 0.1) is 0 Å². The Bertz CT molecular complexity index is 175. The summed E-state index contributed by atoms with van der Waals surface area (Å²) >= 11 is 0. The summed E-state index contributed by atoms with van der Waals surface area (Å²) in [4.78, 5) is 2.42. The van der Waals surface area contributed by atoms with E-state index >= 15 is 0 Å². The third kappa shape index (κ3) is 3.25. The van der Waals surface area contributed by atoms with Gasteiger partial charge in [-0.3, -0.25) is 0 Å². The van der Waals surface area contributed by atoms with E-state index in [2.05, 4.69) is 45.0 Å². The van der Waals surface area contributed by atoms with Gasteiger partial charge in [-0.25, -0.2) is 0 Å². The van der Waals surface area contributed by atoms with Crippen molar-refractivity contribution in [2.24, 2.45) is 11.3 Å². The molecule has 0 radical (unpaired) electrons. The number of rotatable bonds is 4. The SMILES string of the molecule is CC(C)CCNC1CN(C)CC1(C)C. The van der Waals surface area contributed by atoms with Crippen LogP contribution >= 0.6 is 0 Å². The Morgan fingerprint density at radius 1 is 1.43 bits per heavy atom. The van der Waals surface area contributed by atoms with E-state index < -0.39 is 0 Å². The molecule has 0 bridgehead atoms. The van der Waals surface area contributed by atoms with Crippen molar-refractivity contribution in [2.45, 2.75) is 40.2 Å². The molecule has 1 unspecified atom stereocenters. The van der Waals surface area contributed by atoms with E-state index in [9.17, 15) is 0 Å². The fourth-order valence-corrected chi connectivity index (χ4v) is 2.32. The molecular weight excluding hydrogens is 172 g/mol. The van der Waals surface area contributed by atoms with E-state index in [1.807, 2.05) is 0 Å². The van der Waals surface area contributed by atoms with Crippen LogP contribution in [0.2, 0.25) is 0 Å². The van der Waals surface area contributed by atoms with Gasteiger partial charge in [0.25, 0.3) is 0 Å². The fraction of sp³-hybridized carbons (Fsp3) is 1.00. The molecule has 1 aliphatic rings. The predicted molar refractivity (Wildman–Crippen MR) is 62.5 cm³/mol. The lowest BCUT2D eigenvalue weighted by molar-refractivity contribution is 0.295. The molecule has 1 saturated heterocycles.